The van der Waals surface area contributed by atoms with Gasteiger partial charge in [0.15, 0.2) is 5.16 Å². The second-order valence-electron chi connectivity index (χ2n) is 2.28. The van der Waals surface area contributed by atoms with Crippen molar-refractivity contribution < 1.29 is 0 Å². The monoisotopic (exact) mass is 187 g/mol. The maximum atomic E-state index is 11.2. The first-order valence-corrected chi connectivity index (χ1v) is 4.48. The Bertz CT molecular complexity index is 406. The molecule has 1 aromatic heterocycles. The molecule has 6 heteroatoms. The molecule has 0 aliphatic heterocycles. The third-order valence-electron chi connectivity index (χ3n) is 1.52. The van der Waals surface area contributed by atoms with E-state index >= 15 is 0 Å². The third-order valence-corrected chi connectivity index (χ3v) is 2.25. The van der Waals surface area contributed by atoms with E-state index in [1.807, 2.05) is 0 Å². The molecule has 1 heterocycles. The van der Waals surface area contributed by atoms with Gasteiger partial charge in [0.25, 0.3) is 0 Å². The second-order valence-corrected chi connectivity index (χ2v) is 3.06. The van der Waals surface area contributed by atoms with Crippen molar-refractivity contribution in [3.05, 3.63) is 21.0 Å². The average molecular weight is 187 g/mol. The molecule has 5 nitrogen and oxygen atoms in total. The fraction of sp³-hybridized carbons (Fsp3) is 0.500. The quantitative estimate of drug-likeness (QED) is 0.540. The molecule has 0 saturated carbocycles. The number of hydrogen-bond acceptors (Lipinski definition) is 4. The zero-order valence-corrected chi connectivity index (χ0v) is 7.88. The van der Waals surface area contributed by atoms with Crippen molar-refractivity contribution in [1.29, 1.82) is 0 Å². The van der Waals surface area contributed by atoms with Gasteiger partial charge in [0, 0.05) is 14.1 Å². The molecule has 0 aliphatic rings. The van der Waals surface area contributed by atoms with Crippen molar-refractivity contribution in [3.8, 4) is 0 Å². The van der Waals surface area contributed by atoms with Gasteiger partial charge in [-0.2, -0.15) is 4.98 Å². The van der Waals surface area contributed by atoms with Crippen LogP contribution in [0, 0.1) is 0 Å². The predicted molar refractivity (Wildman–Crippen MR) is 46.5 cm³/mol. The van der Waals surface area contributed by atoms with E-state index in [1.165, 1.54) is 23.4 Å². The summed E-state index contributed by atoms with van der Waals surface area (Å²) in [5.41, 5.74) is -0.859. The summed E-state index contributed by atoms with van der Waals surface area (Å²) in [5, 5.41) is 0.433. The molecule has 0 spiro atoms. The van der Waals surface area contributed by atoms with Crippen LogP contribution < -0.4 is 11.4 Å². The highest BCUT2D eigenvalue weighted by molar-refractivity contribution is 7.98. The highest BCUT2D eigenvalue weighted by Crippen LogP contribution is 2.03. The SMILES string of the molecule is CSc1nc(=O)n(C)c(=O)n1C. The first-order chi connectivity index (χ1) is 5.57. The van der Waals surface area contributed by atoms with Gasteiger partial charge >= 0.3 is 11.4 Å². The van der Waals surface area contributed by atoms with Gasteiger partial charge in [-0.1, -0.05) is 11.8 Å². The standard InChI is InChI=1S/C6H9N3O2S/c1-8-4(10)7-5(12-3)9(2)6(8)11/h1-3H3. The fourth-order valence-electron chi connectivity index (χ4n) is 0.803. The zero-order chi connectivity index (χ0) is 9.30. The Kier molecular flexibility index (Phi) is 2.37. The normalized spacial score (nSPS) is 10.2. The lowest BCUT2D eigenvalue weighted by molar-refractivity contribution is 0.580. The molecule has 0 saturated heterocycles. The van der Waals surface area contributed by atoms with Crippen molar-refractivity contribution in [2.24, 2.45) is 14.1 Å². The minimum Gasteiger partial charge on any atom is -0.275 e. The molecule has 1 rings (SSSR count). The molecule has 0 N–H and O–H groups in total. The molecule has 12 heavy (non-hydrogen) atoms. The third kappa shape index (κ3) is 1.29. The Morgan fingerprint density at radius 3 is 2.33 bits per heavy atom. The Balaban J connectivity index is 3.61. The van der Waals surface area contributed by atoms with Crippen LogP contribution in [0.4, 0.5) is 0 Å². The Labute approximate surface area is 73.1 Å². The van der Waals surface area contributed by atoms with Crippen LogP contribution in [0.2, 0.25) is 0 Å². The van der Waals surface area contributed by atoms with E-state index in [-0.39, 0.29) is 5.69 Å². The summed E-state index contributed by atoms with van der Waals surface area (Å²) in [7, 11) is 2.99. The van der Waals surface area contributed by atoms with Gasteiger partial charge in [0.05, 0.1) is 0 Å². The van der Waals surface area contributed by atoms with E-state index in [0.29, 0.717) is 5.16 Å². The highest BCUT2D eigenvalue weighted by atomic mass is 32.2. The molecule has 0 unspecified atom stereocenters. The van der Waals surface area contributed by atoms with Crippen LogP contribution in [0.15, 0.2) is 14.7 Å². The van der Waals surface area contributed by atoms with Crippen molar-refractivity contribution >= 4 is 11.8 Å². The lowest BCUT2D eigenvalue weighted by atomic mass is 10.9. The number of nitrogens with zero attached hydrogens (tertiary/aromatic N) is 3. The Morgan fingerprint density at radius 1 is 1.25 bits per heavy atom. The number of aromatic nitrogens is 3. The maximum absolute atomic E-state index is 11.2. The molecule has 0 bridgehead atoms. The average Bonchev–Trinajstić information content (AvgIpc) is 2.08. The Hall–Kier alpha value is -1.04. The summed E-state index contributed by atoms with van der Waals surface area (Å²) < 4.78 is 2.31. The lowest BCUT2D eigenvalue weighted by Gasteiger charge is -2.03. The van der Waals surface area contributed by atoms with Gasteiger partial charge in [-0.25, -0.2) is 14.2 Å². The molecule has 0 radical (unpaired) electrons. The molecule has 66 valence electrons. The van der Waals surface area contributed by atoms with Crippen LogP contribution in [0.1, 0.15) is 0 Å². The minimum atomic E-state index is -0.512. The van der Waals surface area contributed by atoms with Crippen molar-refractivity contribution in [2.45, 2.75) is 5.16 Å². The van der Waals surface area contributed by atoms with Gasteiger partial charge in [0.2, 0.25) is 0 Å². The van der Waals surface area contributed by atoms with Gasteiger partial charge in [-0.15, -0.1) is 0 Å². The molecule has 0 amide bonds. The van der Waals surface area contributed by atoms with E-state index in [9.17, 15) is 9.59 Å². The molecular formula is C6H9N3O2S. The van der Waals surface area contributed by atoms with E-state index in [4.69, 9.17) is 0 Å². The molecule has 0 aromatic carbocycles. The van der Waals surface area contributed by atoms with Gasteiger partial charge in [0.1, 0.15) is 0 Å². The Morgan fingerprint density at radius 2 is 1.83 bits per heavy atom. The summed E-state index contributed by atoms with van der Waals surface area (Å²) in [6, 6.07) is 0. The smallest absolute Gasteiger partial charge is 0.275 e. The van der Waals surface area contributed by atoms with Gasteiger partial charge in [-0.05, 0) is 6.26 Å². The van der Waals surface area contributed by atoms with Crippen molar-refractivity contribution in [1.82, 2.24) is 14.1 Å². The maximum Gasteiger partial charge on any atom is 0.353 e. The van der Waals surface area contributed by atoms with Crippen LogP contribution in [0.5, 0.6) is 0 Å². The summed E-state index contributed by atoms with van der Waals surface area (Å²) in [4.78, 5) is 25.9. The van der Waals surface area contributed by atoms with E-state index < -0.39 is 5.69 Å². The summed E-state index contributed by atoms with van der Waals surface area (Å²) in [6.07, 6.45) is 1.77. The zero-order valence-electron chi connectivity index (χ0n) is 7.07. The number of hydrogen-bond donors (Lipinski definition) is 0. The topological polar surface area (TPSA) is 56.9 Å². The predicted octanol–water partition coefficient (Wildman–Crippen LogP) is -0.799. The molecule has 0 fully saturated rings. The van der Waals surface area contributed by atoms with Crippen LogP contribution in [0.25, 0.3) is 0 Å². The summed E-state index contributed by atoms with van der Waals surface area (Å²) in [5.74, 6) is 0. The second kappa shape index (κ2) is 3.14. The fourth-order valence-corrected chi connectivity index (χ4v) is 1.32. The molecular weight excluding hydrogens is 178 g/mol. The van der Waals surface area contributed by atoms with E-state index in [0.717, 1.165) is 4.57 Å². The molecule has 1 aromatic rings. The van der Waals surface area contributed by atoms with Gasteiger partial charge in [-0.3, -0.25) is 4.57 Å². The van der Waals surface area contributed by atoms with Gasteiger partial charge < -0.3 is 0 Å². The minimum absolute atomic E-state index is 0.348. The van der Waals surface area contributed by atoms with Crippen molar-refractivity contribution in [2.75, 3.05) is 6.26 Å². The van der Waals surface area contributed by atoms with Crippen molar-refractivity contribution in [3.63, 3.8) is 0 Å². The number of thioether (sulfide) groups is 1. The summed E-state index contributed by atoms with van der Waals surface area (Å²) >= 11 is 1.27. The summed E-state index contributed by atoms with van der Waals surface area (Å²) in [6.45, 7) is 0. The van der Waals surface area contributed by atoms with E-state index in [1.54, 1.807) is 13.3 Å². The largest absolute Gasteiger partial charge is 0.353 e. The number of rotatable bonds is 1. The lowest BCUT2D eigenvalue weighted by Crippen LogP contribution is -2.39. The van der Waals surface area contributed by atoms with Crippen LogP contribution in [-0.2, 0) is 14.1 Å². The highest BCUT2D eigenvalue weighted by Gasteiger charge is 2.04. The first-order valence-electron chi connectivity index (χ1n) is 3.26. The van der Waals surface area contributed by atoms with E-state index in [2.05, 4.69) is 4.98 Å². The van der Waals surface area contributed by atoms with Crippen LogP contribution in [0.3, 0.4) is 0 Å². The molecule has 0 atom stereocenters. The molecule has 0 aliphatic carbocycles. The van der Waals surface area contributed by atoms with Crippen LogP contribution in [-0.4, -0.2) is 20.4 Å². The first kappa shape index (κ1) is 9.05. The van der Waals surface area contributed by atoms with Crippen LogP contribution >= 0.6 is 11.8 Å².